The minimum Gasteiger partial charge on any atom is -0.508 e. The number of hydrogen-bond acceptors (Lipinski definition) is 14. The van der Waals surface area contributed by atoms with Gasteiger partial charge in [0, 0.05) is 32.5 Å². The summed E-state index contributed by atoms with van der Waals surface area (Å²) in [6.07, 6.45) is 0.662. The lowest BCUT2D eigenvalue weighted by atomic mass is 9.96. The van der Waals surface area contributed by atoms with Crippen LogP contribution in [0, 0.1) is 17.8 Å². The number of guanidine groups is 1. The number of aliphatic imine (C=N–C) groups is 1. The Bertz CT molecular complexity index is 2600. The first-order chi connectivity index (χ1) is 39.8. The van der Waals surface area contributed by atoms with Gasteiger partial charge in [0.05, 0.1) is 18.7 Å². The monoisotopic (exact) mass is 1180 g/mol. The van der Waals surface area contributed by atoms with Gasteiger partial charge in [0.25, 0.3) is 0 Å². The fourth-order valence-electron chi connectivity index (χ4n) is 10.0. The summed E-state index contributed by atoms with van der Waals surface area (Å²) in [6.45, 7) is 11.8. The molecule has 12 atom stereocenters. The van der Waals surface area contributed by atoms with E-state index in [0.29, 0.717) is 36.8 Å². The van der Waals surface area contributed by atoms with Gasteiger partial charge < -0.3 is 79.5 Å². The average molecular weight is 1180 g/mol. The maximum absolute atomic E-state index is 14.7. The van der Waals surface area contributed by atoms with E-state index in [1.165, 1.54) is 41.0 Å². The smallest absolute Gasteiger partial charge is 0.326 e. The van der Waals surface area contributed by atoms with Gasteiger partial charge >= 0.3 is 5.97 Å². The Morgan fingerprint density at radius 1 is 0.631 bits per heavy atom. The molecule has 9 amide bonds. The van der Waals surface area contributed by atoms with Gasteiger partial charge in [0.15, 0.2) is 5.96 Å². The molecule has 2 fully saturated rings. The number of carboxylic acids is 1. The minimum atomic E-state index is -1.65. The van der Waals surface area contributed by atoms with Crippen molar-refractivity contribution in [3.63, 3.8) is 0 Å². The number of carboxylic acid groups (broad SMARTS) is 1. The van der Waals surface area contributed by atoms with Crippen molar-refractivity contribution < 1.29 is 63.3 Å². The molecule has 2 saturated heterocycles. The maximum atomic E-state index is 14.7. The van der Waals surface area contributed by atoms with Gasteiger partial charge in [0.1, 0.15) is 54.1 Å². The Morgan fingerprint density at radius 3 is 1.74 bits per heavy atom. The van der Waals surface area contributed by atoms with Gasteiger partial charge in [-0.1, -0.05) is 96.8 Å². The number of nitrogens with one attached hydrogen (secondary N) is 7. The van der Waals surface area contributed by atoms with Gasteiger partial charge in [-0.3, -0.25) is 48.1 Å². The number of aliphatic carboxylic acids is 1. The molecule has 0 spiro atoms. The van der Waals surface area contributed by atoms with E-state index in [1.54, 1.807) is 44.2 Å². The SMILES string of the molecule is CC[C@H](C)[C@H](N)C(=O)NCC(=O)N[C@@H](Cc1ccc(O)cc1)C(=O)N[C@H](C(=O)N1CCC[C@H]1C(=O)N[C@@H](CCCN=C(N)N)C(=O)N1CCC[C@H]1C(=O)N[C@H](C(=O)N[C@@H](CC(C)C)C(=O)N[C@@H](Cc1ccccc1)C(=O)O)[C@@H](C)CC)[C@@H](C)O. The second kappa shape index (κ2) is 33.4. The van der Waals surface area contributed by atoms with Crippen molar-refractivity contribution in [3.8, 4) is 5.75 Å². The Balaban J connectivity index is 1.52. The van der Waals surface area contributed by atoms with Crippen molar-refractivity contribution in [2.75, 3.05) is 26.2 Å². The summed E-state index contributed by atoms with van der Waals surface area (Å²) in [7, 11) is 0. The van der Waals surface area contributed by atoms with Gasteiger partial charge in [-0.05, 0) is 92.9 Å². The zero-order valence-electron chi connectivity index (χ0n) is 49.3. The molecule has 0 aliphatic carbocycles. The van der Waals surface area contributed by atoms with Crippen LogP contribution in [0.3, 0.4) is 0 Å². The third-order valence-corrected chi connectivity index (χ3v) is 15.3. The van der Waals surface area contributed by atoms with Crippen molar-refractivity contribution in [2.24, 2.45) is 39.9 Å². The zero-order valence-corrected chi connectivity index (χ0v) is 49.3. The lowest BCUT2D eigenvalue weighted by Gasteiger charge is -2.33. The van der Waals surface area contributed by atoms with Crippen LogP contribution in [0.4, 0.5) is 0 Å². The van der Waals surface area contributed by atoms with E-state index in [2.05, 4.69) is 42.2 Å². The number of carbonyl (C=O) groups is 10. The molecule has 0 saturated carbocycles. The van der Waals surface area contributed by atoms with E-state index >= 15 is 0 Å². The number of nitrogens with two attached hydrogens (primary N) is 3. The summed E-state index contributed by atoms with van der Waals surface area (Å²) in [5.41, 5.74) is 18.4. The molecule has 0 aromatic heterocycles. The van der Waals surface area contributed by atoms with E-state index in [1.807, 2.05) is 27.7 Å². The molecular weight excluding hydrogens is 1090 g/mol. The van der Waals surface area contributed by atoms with Gasteiger partial charge in [-0.2, -0.15) is 0 Å². The molecule has 2 aromatic carbocycles. The number of aromatic hydroxyl groups is 1. The molecule has 2 aliphatic heterocycles. The average Bonchev–Trinajstić information content (AvgIpc) is 4.37. The molecule has 4 rings (SSSR count). The van der Waals surface area contributed by atoms with Crippen molar-refractivity contribution in [3.05, 3.63) is 65.7 Å². The normalized spacial score (nSPS) is 18.5. The quantitative estimate of drug-likeness (QED) is 0.0242. The summed E-state index contributed by atoms with van der Waals surface area (Å²) >= 11 is 0. The third kappa shape index (κ3) is 20.8. The Hall–Kier alpha value is -7.87. The van der Waals surface area contributed by atoms with Crippen LogP contribution in [0.15, 0.2) is 59.6 Å². The number of aliphatic hydroxyl groups excluding tert-OH is 1. The first kappa shape index (κ1) is 68.6. The lowest BCUT2D eigenvalue weighted by molar-refractivity contribution is -0.146. The van der Waals surface area contributed by atoms with Gasteiger partial charge in [-0.25, -0.2) is 4.79 Å². The molecule has 84 heavy (non-hydrogen) atoms. The topological polar surface area (TPSA) is 412 Å². The van der Waals surface area contributed by atoms with E-state index in [9.17, 15) is 63.3 Å². The van der Waals surface area contributed by atoms with Crippen molar-refractivity contribution in [1.29, 1.82) is 0 Å². The fraction of sp³-hybridized carbons (Fsp3) is 0.603. The van der Waals surface area contributed by atoms with E-state index < -0.39 is 132 Å². The first-order valence-electron chi connectivity index (χ1n) is 29.0. The van der Waals surface area contributed by atoms with Crippen molar-refractivity contribution in [2.45, 2.75) is 180 Å². The highest BCUT2D eigenvalue weighted by molar-refractivity contribution is 5.99. The highest BCUT2D eigenvalue weighted by atomic mass is 16.4. The molecular formula is C58H89N13O13. The van der Waals surface area contributed by atoms with Crippen LogP contribution < -0.4 is 54.4 Å². The molecule has 0 radical (unpaired) electrons. The Morgan fingerprint density at radius 2 is 1.18 bits per heavy atom. The number of phenolic OH excluding ortho intramolecular Hbond substituents is 1. The number of carbonyl (C=O) groups excluding carboxylic acids is 9. The number of likely N-dealkylation sites (tertiary alicyclic amines) is 2. The molecule has 2 aromatic rings. The number of aliphatic hydroxyl groups is 1. The number of hydrogen-bond donors (Lipinski definition) is 13. The summed E-state index contributed by atoms with van der Waals surface area (Å²) in [4.78, 5) is 145. The highest BCUT2D eigenvalue weighted by Crippen LogP contribution is 2.24. The number of rotatable bonds is 32. The zero-order chi connectivity index (χ0) is 62.4. The minimum absolute atomic E-state index is 0.00503. The molecule has 464 valence electrons. The van der Waals surface area contributed by atoms with Crippen LogP contribution in [0.25, 0.3) is 0 Å². The molecule has 2 aliphatic rings. The highest BCUT2D eigenvalue weighted by Gasteiger charge is 2.44. The number of phenols is 1. The summed E-state index contributed by atoms with van der Waals surface area (Å²) in [6, 6.07) is 3.39. The maximum Gasteiger partial charge on any atom is 0.326 e. The largest absolute Gasteiger partial charge is 0.508 e. The number of amides is 9. The van der Waals surface area contributed by atoms with Crippen LogP contribution in [0.2, 0.25) is 0 Å². The Labute approximate surface area is 491 Å². The van der Waals surface area contributed by atoms with Crippen molar-refractivity contribution >= 4 is 65.1 Å². The standard InChI is InChI=1S/C58H89N13O13/c1-8-33(5)46(59)53(79)63-31-45(74)64-41(29-37-21-23-38(73)24-22-37)50(76)69-48(35(7)72)56(82)71-27-15-19-43(71)51(77)65-39(18-13-25-62-58(60)61)55(81)70-26-14-20-44(70)52(78)68-47(34(6)9-2)54(80)66-40(28-32(3)4)49(75)67-42(57(83)84)30-36-16-11-10-12-17-36/h10-12,16-17,21-24,32-35,39-44,46-48,72-73H,8-9,13-15,18-20,25-31,59H2,1-7H3,(H,63,79)(H,64,74)(H,65,77)(H,66,80)(H,67,75)(H,68,78)(H,69,76)(H,83,84)(H4,60,61,62)/t33-,34-,35+,39-,40-,41-,42-,43-,44-,46-,47-,48-/m0/s1. The molecule has 26 heteroatoms. The lowest BCUT2D eigenvalue weighted by Crippen LogP contribution is -2.61. The Kier molecular flexibility index (Phi) is 27.3. The van der Waals surface area contributed by atoms with Crippen LogP contribution in [-0.2, 0) is 60.8 Å². The van der Waals surface area contributed by atoms with Crippen molar-refractivity contribution in [1.82, 2.24) is 47.0 Å². The second-order valence-electron chi connectivity index (χ2n) is 22.4. The fourth-order valence-corrected chi connectivity index (χ4v) is 10.0. The predicted molar refractivity (Wildman–Crippen MR) is 312 cm³/mol. The van der Waals surface area contributed by atoms with Gasteiger partial charge in [-0.15, -0.1) is 0 Å². The van der Waals surface area contributed by atoms with E-state index in [-0.39, 0.29) is 88.1 Å². The molecule has 2 heterocycles. The first-order valence-corrected chi connectivity index (χ1v) is 29.0. The molecule has 16 N–H and O–H groups in total. The van der Waals surface area contributed by atoms with Crippen LogP contribution in [-0.4, -0.2) is 177 Å². The molecule has 26 nitrogen and oxygen atoms in total. The van der Waals surface area contributed by atoms with E-state index in [4.69, 9.17) is 17.2 Å². The summed E-state index contributed by atoms with van der Waals surface area (Å²) in [5, 5.41) is 49.5. The number of nitrogens with zero attached hydrogens (tertiary/aromatic N) is 3. The summed E-state index contributed by atoms with van der Waals surface area (Å²) in [5.74, 6) is -8.83. The predicted octanol–water partition coefficient (Wildman–Crippen LogP) is -0.831. The van der Waals surface area contributed by atoms with Crippen LogP contribution in [0.1, 0.15) is 117 Å². The molecule has 0 unspecified atom stereocenters. The van der Waals surface area contributed by atoms with Crippen LogP contribution in [0.5, 0.6) is 5.75 Å². The third-order valence-electron chi connectivity index (χ3n) is 15.3. The van der Waals surface area contributed by atoms with E-state index in [0.717, 1.165) is 0 Å². The van der Waals surface area contributed by atoms with Crippen LogP contribution >= 0.6 is 0 Å². The van der Waals surface area contributed by atoms with Gasteiger partial charge in [0.2, 0.25) is 53.2 Å². The summed E-state index contributed by atoms with van der Waals surface area (Å²) < 4.78 is 0. The number of benzene rings is 2. The molecule has 0 bridgehead atoms. The second-order valence-corrected chi connectivity index (χ2v) is 22.4.